The normalized spacial score (nSPS) is 16.2. The second kappa shape index (κ2) is 9.54. The number of hydrogen-bond acceptors (Lipinski definition) is 5. The van der Waals surface area contributed by atoms with Crippen molar-refractivity contribution in [1.82, 2.24) is 25.2 Å². The van der Waals surface area contributed by atoms with Crippen LogP contribution in [-0.4, -0.2) is 52.5 Å². The van der Waals surface area contributed by atoms with E-state index >= 15 is 0 Å². The van der Waals surface area contributed by atoms with Crippen molar-refractivity contribution in [2.24, 2.45) is 0 Å². The van der Waals surface area contributed by atoms with Crippen molar-refractivity contribution in [3.63, 3.8) is 0 Å². The number of para-hydroxylation sites is 1. The number of hydrogen-bond donors (Lipinski definition) is 1. The third kappa shape index (κ3) is 4.58. The first-order valence-electron chi connectivity index (χ1n) is 9.35. The van der Waals surface area contributed by atoms with Crippen molar-refractivity contribution in [2.45, 2.75) is 12.6 Å². The number of methoxy groups -OCH3 is 1. The van der Waals surface area contributed by atoms with Gasteiger partial charge in [-0.3, -0.25) is 4.79 Å². The van der Waals surface area contributed by atoms with Crippen molar-refractivity contribution in [1.29, 1.82) is 0 Å². The molecule has 2 heterocycles. The van der Waals surface area contributed by atoms with Crippen LogP contribution in [0.25, 0.3) is 0 Å². The van der Waals surface area contributed by atoms with E-state index in [1.165, 1.54) is 0 Å². The number of amides is 1. The molecule has 0 saturated carbocycles. The first kappa shape index (κ1) is 20.8. The van der Waals surface area contributed by atoms with Gasteiger partial charge in [-0.15, -0.1) is 17.5 Å². The highest BCUT2D eigenvalue weighted by atomic mass is 35.5. The van der Waals surface area contributed by atoms with Crippen molar-refractivity contribution in [2.75, 3.05) is 26.7 Å². The second-order valence-corrected chi connectivity index (χ2v) is 6.75. The molecule has 1 aliphatic heterocycles. The molecule has 29 heavy (non-hydrogen) atoms. The van der Waals surface area contributed by atoms with Crippen molar-refractivity contribution >= 4 is 18.3 Å². The number of nitrogens with zero attached hydrogens (tertiary/aromatic N) is 4. The Morgan fingerprint density at radius 1 is 1.17 bits per heavy atom. The molecular weight excluding hydrogens is 390 g/mol. The summed E-state index contributed by atoms with van der Waals surface area (Å²) in [5.41, 5.74) is 2.46. The summed E-state index contributed by atoms with van der Waals surface area (Å²) in [4.78, 5) is 15.0. The molecule has 0 bridgehead atoms. The first-order chi connectivity index (χ1) is 13.8. The minimum absolute atomic E-state index is 0. The molecule has 2 aromatic carbocycles. The fraction of sp³-hybridized carbons (Fsp3) is 0.286. The van der Waals surface area contributed by atoms with Crippen LogP contribution in [0.4, 0.5) is 0 Å². The van der Waals surface area contributed by atoms with Gasteiger partial charge in [0.2, 0.25) is 0 Å². The lowest BCUT2D eigenvalue weighted by Crippen LogP contribution is -2.48. The zero-order valence-electron chi connectivity index (χ0n) is 16.2. The van der Waals surface area contributed by atoms with Gasteiger partial charge in [0.25, 0.3) is 5.91 Å². The Kier molecular flexibility index (Phi) is 6.85. The monoisotopic (exact) mass is 413 g/mol. The maximum absolute atomic E-state index is 13.2. The predicted octanol–water partition coefficient (Wildman–Crippen LogP) is 2.54. The molecule has 1 N–H and O–H groups in total. The van der Waals surface area contributed by atoms with Gasteiger partial charge < -0.3 is 15.0 Å². The Morgan fingerprint density at radius 2 is 1.93 bits per heavy atom. The fourth-order valence-electron chi connectivity index (χ4n) is 3.56. The maximum atomic E-state index is 13.2. The average molecular weight is 414 g/mol. The van der Waals surface area contributed by atoms with E-state index in [-0.39, 0.29) is 24.4 Å². The van der Waals surface area contributed by atoms with Crippen LogP contribution in [0.1, 0.15) is 27.7 Å². The molecule has 1 amide bonds. The minimum atomic E-state index is -0.114. The highest BCUT2D eigenvalue weighted by Crippen LogP contribution is 2.30. The summed E-state index contributed by atoms with van der Waals surface area (Å²) in [6.07, 6.45) is 1.72. The number of nitrogens with one attached hydrogen (secondary N) is 1. The highest BCUT2D eigenvalue weighted by Gasteiger charge is 2.31. The largest absolute Gasteiger partial charge is 0.496 e. The molecule has 0 radical (unpaired) electrons. The molecule has 1 atom stereocenters. The van der Waals surface area contributed by atoms with Crippen LogP contribution in [0, 0.1) is 0 Å². The molecule has 0 spiro atoms. The maximum Gasteiger partial charge on any atom is 0.276 e. The summed E-state index contributed by atoms with van der Waals surface area (Å²) in [5.74, 6) is 0.665. The number of aromatic nitrogens is 3. The lowest BCUT2D eigenvalue weighted by atomic mass is 10.0. The van der Waals surface area contributed by atoms with E-state index in [1.54, 1.807) is 18.0 Å². The highest BCUT2D eigenvalue weighted by molar-refractivity contribution is 5.92. The van der Waals surface area contributed by atoms with Crippen molar-refractivity contribution in [3.8, 4) is 5.75 Å². The third-order valence-electron chi connectivity index (χ3n) is 4.95. The number of carbonyl (C=O) groups excluding carboxylic acids is 1. The van der Waals surface area contributed by atoms with Gasteiger partial charge in [-0.2, -0.15) is 0 Å². The zero-order chi connectivity index (χ0) is 19.3. The molecule has 4 rings (SSSR count). The summed E-state index contributed by atoms with van der Waals surface area (Å²) in [5, 5.41) is 11.6. The van der Waals surface area contributed by atoms with E-state index in [0.717, 1.165) is 23.4 Å². The van der Waals surface area contributed by atoms with Gasteiger partial charge in [0, 0.05) is 25.2 Å². The Labute approximate surface area is 176 Å². The molecule has 0 aliphatic carbocycles. The number of halogens is 1. The molecule has 1 fully saturated rings. The summed E-state index contributed by atoms with van der Waals surface area (Å²) in [6.45, 7) is 2.60. The number of rotatable bonds is 5. The first-order valence-corrected chi connectivity index (χ1v) is 9.35. The van der Waals surface area contributed by atoms with Crippen LogP contribution < -0.4 is 10.1 Å². The van der Waals surface area contributed by atoms with E-state index < -0.39 is 0 Å². The van der Waals surface area contributed by atoms with Crippen LogP contribution in [0.15, 0.2) is 60.8 Å². The van der Waals surface area contributed by atoms with Crippen LogP contribution in [0.5, 0.6) is 5.75 Å². The molecule has 7 nitrogen and oxygen atoms in total. The minimum Gasteiger partial charge on any atom is -0.496 e. The smallest absolute Gasteiger partial charge is 0.276 e. The number of carbonyl (C=O) groups is 1. The van der Waals surface area contributed by atoms with Gasteiger partial charge >= 0.3 is 0 Å². The molecule has 1 aromatic heterocycles. The Hall–Kier alpha value is -2.90. The van der Waals surface area contributed by atoms with Crippen LogP contribution >= 0.6 is 12.4 Å². The molecule has 152 valence electrons. The molecule has 1 unspecified atom stereocenters. The summed E-state index contributed by atoms with van der Waals surface area (Å²) >= 11 is 0. The second-order valence-electron chi connectivity index (χ2n) is 6.75. The van der Waals surface area contributed by atoms with Crippen LogP contribution in [0.2, 0.25) is 0 Å². The molecule has 8 heteroatoms. The van der Waals surface area contributed by atoms with E-state index in [4.69, 9.17) is 4.74 Å². The topological polar surface area (TPSA) is 72.3 Å². The quantitative estimate of drug-likeness (QED) is 0.696. The van der Waals surface area contributed by atoms with Gasteiger partial charge in [-0.1, -0.05) is 53.7 Å². The standard InChI is InChI=1S/C21H23N5O2.ClH/c1-28-20-10-6-5-9-17(20)19-13-22-11-12-26(19)21(27)18-15-25(24-23-18)14-16-7-3-2-4-8-16;/h2-10,15,19,22H,11-14H2,1H3;1H. The molecule has 3 aromatic rings. The summed E-state index contributed by atoms with van der Waals surface area (Å²) in [6, 6.07) is 17.7. The lowest BCUT2D eigenvalue weighted by Gasteiger charge is -2.36. The Balaban J connectivity index is 0.00000240. The van der Waals surface area contributed by atoms with Gasteiger partial charge in [0.05, 0.1) is 25.9 Å². The van der Waals surface area contributed by atoms with Crippen molar-refractivity contribution < 1.29 is 9.53 Å². The van der Waals surface area contributed by atoms with Crippen LogP contribution in [0.3, 0.4) is 0 Å². The summed E-state index contributed by atoms with van der Waals surface area (Å²) < 4.78 is 7.20. The van der Waals surface area contributed by atoms with E-state index in [2.05, 4.69) is 15.6 Å². The molecular formula is C21H24ClN5O2. The number of piperazine rings is 1. The van der Waals surface area contributed by atoms with Gasteiger partial charge in [0.1, 0.15) is 5.75 Å². The van der Waals surface area contributed by atoms with E-state index in [0.29, 0.717) is 25.3 Å². The Bertz CT molecular complexity index is 947. The van der Waals surface area contributed by atoms with Crippen LogP contribution in [-0.2, 0) is 6.54 Å². The lowest BCUT2D eigenvalue weighted by molar-refractivity contribution is 0.0625. The van der Waals surface area contributed by atoms with E-state index in [1.807, 2.05) is 59.5 Å². The van der Waals surface area contributed by atoms with Crippen molar-refractivity contribution in [3.05, 3.63) is 77.6 Å². The number of ether oxygens (including phenoxy) is 1. The molecule has 1 saturated heterocycles. The van der Waals surface area contributed by atoms with E-state index in [9.17, 15) is 4.79 Å². The average Bonchev–Trinajstić information content (AvgIpc) is 3.22. The fourth-order valence-corrected chi connectivity index (χ4v) is 3.56. The zero-order valence-corrected chi connectivity index (χ0v) is 17.0. The van der Waals surface area contributed by atoms with Gasteiger partial charge in [-0.25, -0.2) is 4.68 Å². The van der Waals surface area contributed by atoms with Gasteiger partial charge in [-0.05, 0) is 11.6 Å². The summed E-state index contributed by atoms with van der Waals surface area (Å²) in [7, 11) is 1.65. The predicted molar refractivity (Wildman–Crippen MR) is 112 cm³/mol. The number of benzene rings is 2. The molecule has 1 aliphatic rings. The van der Waals surface area contributed by atoms with Gasteiger partial charge in [0.15, 0.2) is 5.69 Å². The Morgan fingerprint density at radius 3 is 2.72 bits per heavy atom. The SMILES string of the molecule is COc1ccccc1C1CNCCN1C(=O)c1cn(Cc2ccccc2)nn1.Cl. The third-order valence-corrected chi connectivity index (χ3v) is 4.95.